The molecule has 0 radical (unpaired) electrons. The summed E-state index contributed by atoms with van der Waals surface area (Å²) in [7, 11) is 0. The number of carbonyl (C=O) groups is 2. The first-order chi connectivity index (χ1) is 25.5. The van der Waals surface area contributed by atoms with Crippen LogP contribution in [0.2, 0.25) is 0 Å². The summed E-state index contributed by atoms with van der Waals surface area (Å²) in [5, 5.41) is 4.07. The summed E-state index contributed by atoms with van der Waals surface area (Å²) in [5.74, 6) is 1.25. The van der Waals surface area contributed by atoms with Crippen LogP contribution >= 0.6 is 0 Å². The van der Waals surface area contributed by atoms with Crippen molar-refractivity contribution in [2.75, 3.05) is 18.4 Å². The van der Waals surface area contributed by atoms with Crippen molar-refractivity contribution in [3.05, 3.63) is 132 Å². The minimum Gasteiger partial charge on any atom is -0.444 e. The number of aromatic nitrogens is 1. The van der Waals surface area contributed by atoms with Crippen molar-refractivity contribution < 1.29 is 14.3 Å². The molecule has 1 aromatic heterocycles. The molecule has 3 atom stereocenters. The van der Waals surface area contributed by atoms with E-state index >= 15 is 0 Å². The Labute approximate surface area is 315 Å². The van der Waals surface area contributed by atoms with Crippen LogP contribution < -0.4 is 5.32 Å². The van der Waals surface area contributed by atoms with Crippen LogP contribution in [0.1, 0.15) is 99.3 Å². The zero-order valence-corrected chi connectivity index (χ0v) is 32.0. The maximum atomic E-state index is 13.8. The number of aryl methyl sites for hydroxylation is 1. The Morgan fingerprint density at radius 1 is 0.981 bits per heavy atom. The van der Waals surface area contributed by atoms with Crippen molar-refractivity contribution in [3.63, 3.8) is 0 Å². The average molecular weight is 710 g/mol. The molecule has 2 saturated carbocycles. The highest BCUT2D eigenvalue weighted by atomic mass is 16.6. The lowest BCUT2D eigenvalue weighted by Crippen LogP contribution is -2.45. The summed E-state index contributed by atoms with van der Waals surface area (Å²) in [5.41, 5.74) is 7.26. The predicted octanol–water partition coefficient (Wildman–Crippen LogP) is 11.0. The fraction of sp³-hybridized carbons (Fsp3) is 0.426. The van der Waals surface area contributed by atoms with Crippen LogP contribution in [-0.2, 0) is 16.6 Å². The van der Waals surface area contributed by atoms with E-state index in [4.69, 9.17) is 9.72 Å². The number of hydrogen-bond acceptors (Lipinski definition) is 4. The van der Waals surface area contributed by atoms with Gasteiger partial charge in [-0.1, -0.05) is 72.3 Å². The molecular formula is C47H55N3O3. The van der Waals surface area contributed by atoms with Gasteiger partial charge >= 0.3 is 6.09 Å². The number of amides is 2. The lowest BCUT2D eigenvalue weighted by atomic mass is 9.65. The SMILES string of the molecule is C=C[C@]12CC[C@H](C[C@H](Cc3cc(C)nc4ccccc34)C1)/C2=C/CCC1(c2ccccc2)CCN(C(=O)c2cccc(NC(=O)OC(C)(C)C)c2)CC1. The van der Waals surface area contributed by atoms with Crippen LogP contribution in [0.15, 0.2) is 109 Å². The molecule has 2 bridgehead atoms. The second-order valence-corrected chi connectivity index (χ2v) is 16.9. The van der Waals surface area contributed by atoms with Gasteiger partial charge in [0.25, 0.3) is 5.91 Å². The number of allylic oxidation sites excluding steroid dienone is 3. The van der Waals surface area contributed by atoms with E-state index < -0.39 is 11.7 Å². The van der Waals surface area contributed by atoms with Gasteiger partial charge in [-0.15, -0.1) is 6.58 Å². The number of hydrogen-bond donors (Lipinski definition) is 1. The van der Waals surface area contributed by atoms with E-state index in [1.54, 1.807) is 17.7 Å². The molecule has 3 aliphatic rings. The van der Waals surface area contributed by atoms with Crippen LogP contribution in [0.5, 0.6) is 0 Å². The highest BCUT2D eigenvalue weighted by Gasteiger charge is 2.47. The molecule has 2 heterocycles. The molecule has 1 N–H and O–H groups in total. The molecule has 53 heavy (non-hydrogen) atoms. The molecule has 3 aromatic carbocycles. The molecule has 2 aliphatic carbocycles. The van der Waals surface area contributed by atoms with Crippen LogP contribution in [0.3, 0.4) is 0 Å². The number of nitrogens with zero attached hydrogens (tertiary/aromatic N) is 2. The van der Waals surface area contributed by atoms with Gasteiger partial charge in [-0.05, 0) is 144 Å². The second kappa shape index (κ2) is 15.0. The van der Waals surface area contributed by atoms with E-state index in [9.17, 15) is 9.59 Å². The summed E-state index contributed by atoms with van der Waals surface area (Å²) in [6.07, 6.45) is 14.2. The number of anilines is 1. The number of ether oxygens (including phenoxy) is 1. The van der Waals surface area contributed by atoms with Crippen LogP contribution in [0.25, 0.3) is 10.9 Å². The highest BCUT2D eigenvalue weighted by Crippen LogP contribution is 2.58. The Balaban J connectivity index is 1.03. The number of likely N-dealkylation sites (tertiary alicyclic amines) is 1. The van der Waals surface area contributed by atoms with Gasteiger partial charge in [0.1, 0.15) is 5.60 Å². The summed E-state index contributed by atoms with van der Waals surface area (Å²) in [6, 6.07) is 29.0. The van der Waals surface area contributed by atoms with E-state index in [-0.39, 0.29) is 16.7 Å². The van der Waals surface area contributed by atoms with E-state index in [1.165, 1.54) is 42.2 Å². The molecule has 7 rings (SSSR count). The third-order valence-electron chi connectivity index (χ3n) is 12.2. The molecule has 1 saturated heterocycles. The Morgan fingerprint density at radius 3 is 2.49 bits per heavy atom. The van der Waals surface area contributed by atoms with Crippen molar-refractivity contribution in [2.24, 2.45) is 17.3 Å². The van der Waals surface area contributed by atoms with Gasteiger partial charge in [0.15, 0.2) is 0 Å². The number of para-hydroxylation sites is 1. The van der Waals surface area contributed by atoms with Gasteiger partial charge in [-0.25, -0.2) is 4.79 Å². The quantitative estimate of drug-likeness (QED) is 0.176. The molecule has 6 heteroatoms. The predicted molar refractivity (Wildman–Crippen MR) is 215 cm³/mol. The largest absolute Gasteiger partial charge is 0.444 e. The second-order valence-electron chi connectivity index (χ2n) is 16.9. The van der Waals surface area contributed by atoms with Gasteiger partial charge in [-0.3, -0.25) is 15.1 Å². The molecule has 2 amide bonds. The molecule has 0 spiro atoms. The number of rotatable bonds is 9. The number of nitrogens with one attached hydrogen (secondary N) is 1. The van der Waals surface area contributed by atoms with E-state index in [1.807, 2.05) is 37.8 Å². The minimum atomic E-state index is -0.602. The molecule has 0 unspecified atom stereocenters. The summed E-state index contributed by atoms with van der Waals surface area (Å²) in [6.45, 7) is 13.4. The number of pyridine rings is 1. The highest BCUT2D eigenvalue weighted by molar-refractivity contribution is 5.96. The van der Waals surface area contributed by atoms with E-state index in [2.05, 4.69) is 91.6 Å². The Morgan fingerprint density at radius 2 is 1.74 bits per heavy atom. The zero-order valence-electron chi connectivity index (χ0n) is 32.0. The lowest BCUT2D eigenvalue weighted by Gasteiger charge is -2.43. The molecule has 276 valence electrons. The maximum Gasteiger partial charge on any atom is 0.412 e. The maximum absolute atomic E-state index is 13.8. The monoisotopic (exact) mass is 709 g/mol. The minimum absolute atomic E-state index is 0.00204. The summed E-state index contributed by atoms with van der Waals surface area (Å²) < 4.78 is 5.41. The lowest BCUT2D eigenvalue weighted by molar-refractivity contribution is 0.0630. The number of piperidine rings is 1. The summed E-state index contributed by atoms with van der Waals surface area (Å²) >= 11 is 0. The van der Waals surface area contributed by atoms with Gasteiger partial charge in [-0.2, -0.15) is 0 Å². The first-order valence-electron chi connectivity index (χ1n) is 19.6. The topological polar surface area (TPSA) is 71.5 Å². The van der Waals surface area contributed by atoms with Gasteiger partial charge in [0.2, 0.25) is 0 Å². The molecule has 4 aromatic rings. The first kappa shape index (κ1) is 36.6. The Bertz CT molecular complexity index is 2000. The molecule has 3 fully saturated rings. The third kappa shape index (κ3) is 7.97. The van der Waals surface area contributed by atoms with Crippen LogP contribution in [0.4, 0.5) is 10.5 Å². The fourth-order valence-electron chi connectivity index (χ4n) is 9.76. The normalized spacial score (nSPS) is 23.2. The van der Waals surface area contributed by atoms with E-state index in [0.717, 1.165) is 43.3 Å². The molecule has 6 nitrogen and oxygen atoms in total. The number of carbonyl (C=O) groups excluding carboxylic acids is 2. The fourth-order valence-corrected chi connectivity index (χ4v) is 9.76. The molecular weight excluding hydrogens is 655 g/mol. The van der Waals surface area contributed by atoms with Crippen molar-refractivity contribution in [2.45, 2.75) is 96.5 Å². The average Bonchev–Trinajstić information content (AvgIpc) is 3.35. The number of fused-ring (bicyclic) bond motifs is 3. The van der Waals surface area contributed by atoms with Crippen molar-refractivity contribution in [3.8, 4) is 0 Å². The van der Waals surface area contributed by atoms with Gasteiger partial charge in [0, 0.05) is 40.8 Å². The van der Waals surface area contributed by atoms with Crippen molar-refractivity contribution >= 4 is 28.6 Å². The summed E-state index contributed by atoms with van der Waals surface area (Å²) in [4.78, 5) is 32.9. The molecule has 1 aliphatic heterocycles. The third-order valence-corrected chi connectivity index (χ3v) is 12.2. The Hall–Kier alpha value is -4.71. The van der Waals surface area contributed by atoms with Gasteiger partial charge in [0.05, 0.1) is 5.52 Å². The van der Waals surface area contributed by atoms with Crippen LogP contribution in [0, 0.1) is 24.2 Å². The standard InChI is InChI=1S/C47H55N3O3/c1-6-46-23-21-35(29-34(32-46)30-37-28-33(2)48-42-20-11-10-18-40(37)42)41(46)19-13-22-47(38-15-8-7-9-16-38)24-26-50(27-25-47)43(51)36-14-12-17-39(31-36)49-44(52)53-45(3,4)5/h6-12,14-20,28,31,34-35H,1,13,21-27,29-30,32H2,2-5H3,(H,49,52)/b41-19-/t34-,35-,46+/m1/s1. The van der Waals surface area contributed by atoms with E-state index in [0.29, 0.717) is 36.2 Å². The smallest absolute Gasteiger partial charge is 0.412 e. The Kier molecular flexibility index (Phi) is 10.3. The van der Waals surface area contributed by atoms with Crippen LogP contribution in [-0.4, -0.2) is 40.6 Å². The zero-order chi connectivity index (χ0) is 37.2. The van der Waals surface area contributed by atoms with Crippen molar-refractivity contribution in [1.82, 2.24) is 9.88 Å². The number of benzene rings is 3. The van der Waals surface area contributed by atoms with Gasteiger partial charge < -0.3 is 9.64 Å². The van der Waals surface area contributed by atoms with Crippen molar-refractivity contribution in [1.29, 1.82) is 0 Å². The first-order valence-corrected chi connectivity index (χ1v) is 19.6.